The summed E-state index contributed by atoms with van der Waals surface area (Å²) < 4.78 is 0. The molecule has 0 heterocycles. The summed E-state index contributed by atoms with van der Waals surface area (Å²) in [5.41, 5.74) is 5.76. The Hall–Kier alpha value is -0.0400. The van der Waals surface area contributed by atoms with Gasteiger partial charge in [0.05, 0.1) is 0 Å². The maximum Gasteiger partial charge on any atom is 0.00443 e. The molecule has 2 aliphatic carbocycles. The van der Waals surface area contributed by atoms with Crippen molar-refractivity contribution in [2.45, 2.75) is 31.7 Å². The third-order valence-electron chi connectivity index (χ3n) is 2.79. The normalized spacial score (nSPS) is 52.9. The largest absolute Gasteiger partial charge is 0.328 e. The molecule has 0 amide bonds. The quantitative estimate of drug-likeness (QED) is 0.498. The van der Waals surface area contributed by atoms with Crippen molar-refractivity contribution in [1.82, 2.24) is 0 Å². The topological polar surface area (TPSA) is 26.0 Å². The molecule has 2 N–H and O–H groups in total. The highest BCUT2D eigenvalue weighted by Gasteiger charge is 2.38. The van der Waals surface area contributed by atoms with Crippen LogP contribution in [0, 0.1) is 11.8 Å². The summed E-state index contributed by atoms with van der Waals surface area (Å²) in [6.45, 7) is 0. The zero-order valence-corrected chi connectivity index (χ0v) is 5.14. The Bertz CT molecular complexity index is 88.6. The predicted molar refractivity (Wildman–Crippen MR) is 33.4 cm³/mol. The first-order valence-electron chi connectivity index (χ1n) is 3.62. The van der Waals surface area contributed by atoms with Gasteiger partial charge >= 0.3 is 0 Å². The van der Waals surface area contributed by atoms with Crippen LogP contribution in [0.15, 0.2) is 0 Å². The Kier molecular flexibility index (Phi) is 0.884. The van der Waals surface area contributed by atoms with E-state index in [2.05, 4.69) is 0 Å². The van der Waals surface area contributed by atoms with E-state index in [1.54, 1.807) is 0 Å². The van der Waals surface area contributed by atoms with Crippen molar-refractivity contribution in [1.29, 1.82) is 0 Å². The first-order chi connectivity index (χ1) is 3.86. The maximum atomic E-state index is 5.76. The van der Waals surface area contributed by atoms with E-state index in [9.17, 15) is 0 Å². The van der Waals surface area contributed by atoms with Crippen LogP contribution in [-0.4, -0.2) is 6.04 Å². The molecule has 0 aromatic rings. The van der Waals surface area contributed by atoms with E-state index in [4.69, 9.17) is 5.73 Å². The van der Waals surface area contributed by atoms with Gasteiger partial charge in [0.15, 0.2) is 0 Å². The van der Waals surface area contributed by atoms with Crippen LogP contribution in [0.25, 0.3) is 0 Å². The molecule has 2 rings (SSSR count). The average Bonchev–Trinajstić information content (AvgIpc) is 1.91. The van der Waals surface area contributed by atoms with Gasteiger partial charge in [-0.1, -0.05) is 0 Å². The molecule has 8 heavy (non-hydrogen) atoms. The lowest BCUT2D eigenvalue weighted by Gasteiger charge is -2.29. The summed E-state index contributed by atoms with van der Waals surface area (Å²) in [6, 6.07) is 0.562. The SMILES string of the molecule is NC1C[C@H]2CC[C@H]2C1. The van der Waals surface area contributed by atoms with Crippen LogP contribution in [0.1, 0.15) is 25.7 Å². The van der Waals surface area contributed by atoms with Gasteiger partial charge in [-0.3, -0.25) is 0 Å². The summed E-state index contributed by atoms with van der Waals surface area (Å²) in [5.74, 6) is 2.09. The fraction of sp³-hybridized carbons (Fsp3) is 1.00. The maximum absolute atomic E-state index is 5.76. The van der Waals surface area contributed by atoms with E-state index in [0.29, 0.717) is 6.04 Å². The van der Waals surface area contributed by atoms with Crippen molar-refractivity contribution >= 4 is 0 Å². The molecule has 2 aliphatic rings. The van der Waals surface area contributed by atoms with Gasteiger partial charge in [0.25, 0.3) is 0 Å². The minimum absolute atomic E-state index is 0.562. The molecule has 1 unspecified atom stereocenters. The van der Waals surface area contributed by atoms with Gasteiger partial charge in [-0.25, -0.2) is 0 Å². The van der Waals surface area contributed by atoms with E-state index in [1.807, 2.05) is 0 Å². The van der Waals surface area contributed by atoms with Crippen molar-refractivity contribution < 1.29 is 0 Å². The van der Waals surface area contributed by atoms with Crippen LogP contribution in [0.2, 0.25) is 0 Å². The Morgan fingerprint density at radius 3 is 1.75 bits per heavy atom. The van der Waals surface area contributed by atoms with E-state index >= 15 is 0 Å². The lowest BCUT2D eigenvalue weighted by Crippen LogP contribution is -2.18. The Morgan fingerprint density at radius 2 is 1.50 bits per heavy atom. The zero-order valence-electron chi connectivity index (χ0n) is 5.14. The Morgan fingerprint density at radius 1 is 1.00 bits per heavy atom. The second kappa shape index (κ2) is 1.47. The van der Waals surface area contributed by atoms with Crippen LogP contribution in [0.3, 0.4) is 0 Å². The van der Waals surface area contributed by atoms with Crippen LogP contribution in [0.4, 0.5) is 0 Å². The van der Waals surface area contributed by atoms with Gasteiger partial charge in [0.1, 0.15) is 0 Å². The number of rotatable bonds is 0. The molecule has 2 saturated carbocycles. The summed E-state index contributed by atoms with van der Waals surface area (Å²) in [6.07, 6.45) is 5.59. The minimum Gasteiger partial charge on any atom is -0.328 e. The van der Waals surface area contributed by atoms with Gasteiger partial charge in [0, 0.05) is 6.04 Å². The predicted octanol–water partition coefficient (Wildman–Crippen LogP) is 1.13. The molecule has 46 valence electrons. The van der Waals surface area contributed by atoms with Crippen molar-refractivity contribution in [3.8, 4) is 0 Å². The molecule has 0 saturated heterocycles. The van der Waals surface area contributed by atoms with Gasteiger partial charge in [-0.2, -0.15) is 0 Å². The van der Waals surface area contributed by atoms with Gasteiger partial charge in [0.2, 0.25) is 0 Å². The lowest BCUT2D eigenvalue weighted by atomic mass is 9.77. The lowest BCUT2D eigenvalue weighted by molar-refractivity contribution is 0.219. The van der Waals surface area contributed by atoms with Gasteiger partial charge < -0.3 is 5.73 Å². The third kappa shape index (κ3) is 0.510. The van der Waals surface area contributed by atoms with Crippen molar-refractivity contribution in [2.75, 3.05) is 0 Å². The second-order valence-electron chi connectivity index (χ2n) is 3.33. The molecule has 1 nitrogen and oxygen atoms in total. The number of hydrogen-bond acceptors (Lipinski definition) is 1. The molecular formula is C7H13N. The van der Waals surface area contributed by atoms with Crippen LogP contribution >= 0.6 is 0 Å². The molecule has 1 heteroatoms. The monoisotopic (exact) mass is 111 g/mol. The van der Waals surface area contributed by atoms with Crippen molar-refractivity contribution in [3.05, 3.63) is 0 Å². The summed E-state index contributed by atoms with van der Waals surface area (Å²) >= 11 is 0. The molecule has 0 aromatic carbocycles. The van der Waals surface area contributed by atoms with Crippen LogP contribution in [-0.2, 0) is 0 Å². The highest BCUT2D eigenvalue weighted by atomic mass is 14.7. The third-order valence-corrected chi connectivity index (χ3v) is 2.79. The van der Waals surface area contributed by atoms with Crippen molar-refractivity contribution in [3.63, 3.8) is 0 Å². The number of fused-ring (bicyclic) bond motifs is 1. The Labute approximate surface area is 50.3 Å². The van der Waals surface area contributed by atoms with E-state index in [1.165, 1.54) is 25.7 Å². The molecule has 2 fully saturated rings. The molecule has 0 aromatic heterocycles. The van der Waals surface area contributed by atoms with E-state index in [0.717, 1.165) is 11.8 Å². The standard InChI is InChI=1S/C7H13N/c8-7-3-5-1-2-6(5)4-7/h5-7H,1-4,8H2/t5-,6+,7?. The van der Waals surface area contributed by atoms with E-state index in [-0.39, 0.29) is 0 Å². The van der Waals surface area contributed by atoms with Gasteiger partial charge in [-0.05, 0) is 37.5 Å². The summed E-state index contributed by atoms with van der Waals surface area (Å²) in [7, 11) is 0. The fourth-order valence-corrected chi connectivity index (χ4v) is 2.13. The highest BCUT2D eigenvalue weighted by Crippen LogP contribution is 2.45. The van der Waals surface area contributed by atoms with Crippen molar-refractivity contribution in [2.24, 2.45) is 17.6 Å². The minimum atomic E-state index is 0.562. The molecule has 0 radical (unpaired) electrons. The molecule has 3 atom stereocenters. The first-order valence-corrected chi connectivity index (χ1v) is 3.62. The molecule has 0 spiro atoms. The first kappa shape index (κ1) is 4.80. The van der Waals surface area contributed by atoms with Gasteiger partial charge in [-0.15, -0.1) is 0 Å². The Balaban J connectivity index is 2.00. The number of nitrogens with two attached hydrogens (primary N) is 1. The highest BCUT2D eigenvalue weighted by molar-refractivity contribution is 4.92. The van der Waals surface area contributed by atoms with Crippen LogP contribution in [0.5, 0.6) is 0 Å². The summed E-state index contributed by atoms with van der Waals surface area (Å²) in [5, 5.41) is 0. The zero-order chi connectivity index (χ0) is 5.56. The van der Waals surface area contributed by atoms with Crippen LogP contribution < -0.4 is 5.73 Å². The molecular weight excluding hydrogens is 98.1 g/mol. The smallest absolute Gasteiger partial charge is 0.00443 e. The number of hydrogen-bond donors (Lipinski definition) is 1. The second-order valence-corrected chi connectivity index (χ2v) is 3.33. The molecule has 0 aliphatic heterocycles. The fourth-order valence-electron chi connectivity index (χ4n) is 2.13. The average molecular weight is 111 g/mol. The van der Waals surface area contributed by atoms with E-state index < -0.39 is 0 Å². The molecule has 0 bridgehead atoms. The summed E-state index contributed by atoms with van der Waals surface area (Å²) in [4.78, 5) is 0.